The van der Waals surface area contributed by atoms with Gasteiger partial charge >= 0.3 is 0 Å². The summed E-state index contributed by atoms with van der Waals surface area (Å²) in [6.07, 6.45) is 0.986. The van der Waals surface area contributed by atoms with E-state index in [0.717, 1.165) is 17.3 Å². The van der Waals surface area contributed by atoms with E-state index >= 15 is 0 Å². The fourth-order valence-electron chi connectivity index (χ4n) is 1.59. The monoisotopic (exact) mass is 238 g/mol. The van der Waals surface area contributed by atoms with Crippen LogP contribution in [0.3, 0.4) is 0 Å². The number of rotatable bonds is 0. The van der Waals surface area contributed by atoms with E-state index in [-0.39, 0.29) is 10.7 Å². The van der Waals surface area contributed by atoms with E-state index in [1.165, 1.54) is 0 Å². The van der Waals surface area contributed by atoms with Gasteiger partial charge < -0.3 is 0 Å². The van der Waals surface area contributed by atoms with Crippen LogP contribution in [0, 0.1) is 0 Å². The number of thioether (sulfide) groups is 1. The van der Waals surface area contributed by atoms with Crippen LogP contribution in [0.1, 0.15) is 6.42 Å². The molecule has 0 aliphatic carbocycles. The van der Waals surface area contributed by atoms with Gasteiger partial charge in [-0.3, -0.25) is 9.36 Å². The van der Waals surface area contributed by atoms with Crippen LogP contribution in [0.5, 0.6) is 0 Å². The van der Waals surface area contributed by atoms with Gasteiger partial charge in [0.1, 0.15) is 0 Å². The minimum atomic E-state index is -0.120. The molecule has 7 heteroatoms. The lowest BCUT2D eigenvalue weighted by Crippen LogP contribution is -2.47. The van der Waals surface area contributed by atoms with E-state index in [0.29, 0.717) is 17.4 Å². The molecule has 0 atom stereocenters. The highest BCUT2D eigenvalue weighted by atomic mass is 32.2. The molecule has 0 fully saturated rings. The lowest BCUT2D eigenvalue weighted by molar-refractivity contribution is 0.551. The van der Waals surface area contributed by atoms with E-state index in [4.69, 9.17) is 12.2 Å². The topological polar surface area (TPSA) is 59.6 Å². The van der Waals surface area contributed by atoms with E-state index in [2.05, 4.69) is 15.0 Å². The maximum atomic E-state index is 11.9. The van der Waals surface area contributed by atoms with Crippen molar-refractivity contribution in [2.75, 3.05) is 5.75 Å². The van der Waals surface area contributed by atoms with Crippen molar-refractivity contribution in [1.29, 1.82) is 0 Å². The highest BCUT2D eigenvalue weighted by Crippen LogP contribution is 2.18. The first-order chi connectivity index (χ1) is 7.25. The Morgan fingerprint density at radius 2 is 2.27 bits per heavy atom. The van der Waals surface area contributed by atoms with Crippen LogP contribution in [-0.2, 0) is 6.54 Å². The van der Waals surface area contributed by atoms with Gasteiger partial charge in [0.15, 0.2) is 16.0 Å². The van der Waals surface area contributed by atoms with E-state index < -0.39 is 0 Å². The molecule has 0 N–H and O–H groups in total. The van der Waals surface area contributed by atoms with Crippen molar-refractivity contribution in [2.24, 2.45) is 9.98 Å². The normalized spacial score (nSPS) is 17.7. The fraction of sp³-hybridized carbons (Fsp3) is 0.375. The van der Waals surface area contributed by atoms with E-state index in [1.54, 1.807) is 16.3 Å². The molecule has 5 nitrogen and oxygen atoms in total. The summed E-state index contributed by atoms with van der Waals surface area (Å²) in [5, 5.41) is 1.22. The van der Waals surface area contributed by atoms with Crippen molar-refractivity contribution in [3.63, 3.8) is 0 Å². The van der Waals surface area contributed by atoms with Gasteiger partial charge in [-0.1, -0.05) is 11.8 Å². The number of hydrogen-bond donors (Lipinski definition) is 0. The Balaban J connectivity index is 2.44. The molecular weight excluding hydrogens is 232 g/mol. The van der Waals surface area contributed by atoms with Crippen LogP contribution in [0.2, 0.25) is 0 Å². The summed E-state index contributed by atoms with van der Waals surface area (Å²) in [6.45, 7) is 0.712. The predicted molar refractivity (Wildman–Crippen MR) is 58.7 cm³/mol. The van der Waals surface area contributed by atoms with Crippen LogP contribution in [0.15, 0.2) is 19.9 Å². The van der Waals surface area contributed by atoms with Crippen LogP contribution in [0.4, 0.5) is 0 Å². The Morgan fingerprint density at radius 3 is 3.13 bits per heavy atom. The van der Waals surface area contributed by atoms with Gasteiger partial charge in [-0.05, 0) is 18.6 Å². The molecule has 0 spiro atoms. The zero-order chi connectivity index (χ0) is 10.4. The standard InChI is InChI=1S/C8H6N4OS2/c13-6-4-5(10-7(14)9-4)11-8-12(6)2-1-3-15-8/h1-3H2. The third kappa shape index (κ3) is 1.34. The number of aromatic nitrogens is 2. The maximum absolute atomic E-state index is 11.9. The molecule has 0 bridgehead atoms. The van der Waals surface area contributed by atoms with Crippen LogP contribution < -0.4 is 16.4 Å². The molecule has 0 saturated carbocycles. The zero-order valence-electron chi connectivity index (χ0n) is 7.63. The van der Waals surface area contributed by atoms with Crippen LogP contribution in [-0.4, -0.2) is 20.4 Å². The molecule has 76 valence electrons. The van der Waals surface area contributed by atoms with Crippen LogP contribution >= 0.6 is 24.0 Å². The van der Waals surface area contributed by atoms with Gasteiger partial charge in [-0.15, -0.1) is 0 Å². The van der Waals surface area contributed by atoms with Crippen molar-refractivity contribution < 1.29 is 0 Å². The molecule has 0 aromatic carbocycles. The summed E-state index contributed by atoms with van der Waals surface area (Å²) >= 11 is 6.41. The first kappa shape index (κ1) is 9.17. The minimum Gasteiger partial charge on any atom is -0.286 e. The van der Waals surface area contributed by atoms with Crippen molar-refractivity contribution >= 4 is 29.1 Å². The predicted octanol–water partition coefficient (Wildman–Crippen LogP) is -0.723. The third-order valence-electron chi connectivity index (χ3n) is 2.26. The molecular formula is C8H6N4OS2. The Hall–Kier alpha value is -1.08. The lowest BCUT2D eigenvalue weighted by Gasteiger charge is -2.14. The summed E-state index contributed by atoms with van der Waals surface area (Å²) in [7, 11) is 0. The Kier molecular flexibility index (Phi) is 1.96. The van der Waals surface area contributed by atoms with Crippen molar-refractivity contribution in [2.45, 2.75) is 18.1 Å². The molecule has 0 saturated heterocycles. The molecule has 1 aromatic heterocycles. The quantitative estimate of drug-likeness (QED) is 0.442. The summed E-state index contributed by atoms with van der Waals surface area (Å²) < 4.78 is 1.65. The van der Waals surface area contributed by atoms with Gasteiger partial charge in [-0.25, -0.2) is 9.98 Å². The summed E-state index contributed by atoms with van der Waals surface area (Å²) in [6, 6.07) is 0. The number of nitrogens with zero attached hydrogens (tertiary/aromatic N) is 4. The first-order valence-corrected chi connectivity index (χ1v) is 5.90. The zero-order valence-corrected chi connectivity index (χ0v) is 9.27. The molecule has 3 rings (SSSR count). The largest absolute Gasteiger partial charge is 0.286 e. The molecule has 0 amide bonds. The van der Waals surface area contributed by atoms with Crippen molar-refractivity contribution in [3.05, 3.63) is 21.2 Å². The molecule has 2 aliphatic heterocycles. The second kappa shape index (κ2) is 3.21. The van der Waals surface area contributed by atoms with Gasteiger partial charge in [0.25, 0.3) is 5.56 Å². The van der Waals surface area contributed by atoms with Crippen molar-refractivity contribution in [3.8, 4) is 0 Å². The fourth-order valence-corrected chi connectivity index (χ4v) is 2.71. The molecule has 15 heavy (non-hydrogen) atoms. The molecule has 3 heterocycles. The second-order valence-electron chi connectivity index (χ2n) is 3.23. The van der Waals surface area contributed by atoms with Crippen molar-refractivity contribution in [1.82, 2.24) is 9.55 Å². The maximum Gasteiger partial charge on any atom is 0.282 e. The summed E-state index contributed by atoms with van der Waals surface area (Å²) in [4.78, 5) is 24.1. The molecule has 0 radical (unpaired) electrons. The van der Waals surface area contributed by atoms with Gasteiger partial charge in [0.2, 0.25) is 5.11 Å². The number of hydrogen-bond acceptors (Lipinski definition) is 4. The van der Waals surface area contributed by atoms with Gasteiger partial charge in [0.05, 0.1) is 0 Å². The smallest absolute Gasteiger partial charge is 0.282 e. The average Bonchev–Trinajstić information content (AvgIpc) is 2.59. The Morgan fingerprint density at radius 1 is 1.40 bits per heavy atom. The second-order valence-corrected chi connectivity index (χ2v) is 4.66. The molecule has 2 aliphatic rings. The molecule has 0 unspecified atom stereocenters. The van der Waals surface area contributed by atoms with E-state index in [1.807, 2.05) is 0 Å². The number of thiocarbonyl (C=S) groups is 1. The Labute approximate surface area is 94.0 Å². The SMILES string of the molecule is O=c1c2c(nc3n1CCCS3)=NC(=S)N=2. The van der Waals surface area contributed by atoms with Gasteiger partial charge in [0, 0.05) is 12.3 Å². The lowest BCUT2D eigenvalue weighted by atomic mass is 10.4. The van der Waals surface area contributed by atoms with Gasteiger partial charge in [-0.2, -0.15) is 4.99 Å². The summed E-state index contributed by atoms with van der Waals surface area (Å²) in [5.74, 6) is 0.993. The van der Waals surface area contributed by atoms with Crippen LogP contribution in [0.25, 0.3) is 0 Å². The number of fused-ring (bicyclic) bond motifs is 2. The summed E-state index contributed by atoms with van der Waals surface area (Å²) in [5.41, 5.74) is 0.261. The van der Waals surface area contributed by atoms with E-state index in [9.17, 15) is 4.79 Å². The third-order valence-corrected chi connectivity index (χ3v) is 3.50. The first-order valence-electron chi connectivity index (χ1n) is 4.51. The Bertz CT molecular complexity index is 633. The highest BCUT2D eigenvalue weighted by Gasteiger charge is 2.17. The minimum absolute atomic E-state index is 0.120. The molecule has 1 aromatic rings. The average molecular weight is 238 g/mol. The highest BCUT2D eigenvalue weighted by molar-refractivity contribution is 7.99.